The van der Waals surface area contributed by atoms with Crippen molar-refractivity contribution in [3.8, 4) is 17.1 Å². The van der Waals surface area contributed by atoms with Gasteiger partial charge in [0.2, 0.25) is 5.95 Å². The fraction of sp³-hybridized carbons (Fsp3) is 0.100. The largest absolute Gasteiger partial charge is 0.508 e. The number of benzene rings is 1. The fourth-order valence-corrected chi connectivity index (χ4v) is 1.57. The average molecular weight is 234 g/mol. The van der Waals surface area contributed by atoms with Crippen LogP contribution in [-0.4, -0.2) is 26.3 Å². The number of phenolic OH excluding ortho intramolecular Hbond substituents is 1. The molecule has 2 aromatic rings. The zero-order valence-corrected chi connectivity index (χ0v) is 9.40. The highest BCUT2D eigenvalue weighted by Gasteiger charge is 2.05. The Balaban J connectivity index is 2.47. The molecule has 5 nitrogen and oxygen atoms in total. The third kappa shape index (κ3) is 2.22. The van der Waals surface area contributed by atoms with Crippen LogP contribution in [0.2, 0.25) is 0 Å². The van der Waals surface area contributed by atoms with Crippen LogP contribution in [-0.2, 0) is 0 Å². The van der Waals surface area contributed by atoms with Crippen molar-refractivity contribution in [3.63, 3.8) is 0 Å². The second-order valence-corrected chi connectivity index (χ2v) is 3.82. The van der Waals surface area contributed by atoms with Gasteiger partial charge in [0.05, 0.1) is 0 Å². The van der Waals surface area contributed by atoms with Gasteiger partial charge >= 0.3 is 0 Å². The maximum atomic E-state index is 9.18. The summed E-state index contributed by atoms with van der Waals surface area (Å²) in [7, 11) is 0. The van der Waals surface area contributed by atoms with Crippen molar-refractivity contribution in [2.24, 2.45) is 0 Å². The maximum absolute atomic E-state index is 9.18. The molecule has 0 fully saturated rings. The van der Waals surface area contributed by atoms with Crippen molar-refractivity contribution in [1.29, 1.82) is 0 Å². The van der Waals surface area contributed by atoms with Gasteiger partial charge in [-0.05, 0) is 30.5 Å². The molecule has 0 bridgehead atoms. The van der Waals surface area contributed by atoms with Crippen molar-refractivity contribution < 1.29 is 5.11 Å². The molecule has 6 heteroatoms. The summed E-state index contributed by atoms with van der Waals surface area (Å²) >= 11 is 1.40. The van der Waals surface area contributed by atoms with Crippen LogP contribution >= 0.6 is 11.8 Å². The molecule has 0 unspecified atom stereocenters. The zero-order chi connectivity index (χ0) is 11.5. The molecule has 0 radical (unpaired) electrons. The summed E-state index contributed by atoms with van der Waals surface area (Å²) < 4.78 is 0. The summed E-state index contributed by atoms with van der Waals surface area (Å²) in [5.41, 5.74) is 6.37. The summed E-state index contributed by atoms with van der Waals surface area (Å²) in [4.78, 5) is 12.2. The van der Waals surface area contributed by atoms with E-state index in [0.29, 0.717) is 11.0 Å². The first-order valence-corrected chi connectivity index (χ1v) is 5.76. The highest BCUT2D eigenvalue weighted by atomic mass is 32.2. The minimum Gasteiger partial charge on any atom is -0.508 e. The van der Waals surface area contributed by atoms with Gasteiger partial charge in [0.1, 0.15) is 5.75 Å². The molecular weight excluding hydrogens is 224 g/mol. The van der Waals surface area contributed by atoms with Gasteiger partial charge in [-0.25, -0.2) is 4.98 Å². The van der Waals surface area contributed by atoms with E-state index in [1.54, 1.807) is 24.3 Å². The van der Waals surface area contributed by atoms with Gasteiger partial charge in [-0.15, -0.1) is 0 Å². The summed E-state index contributed by atoms with van der Waals surface area (Å²) in [6.45, 7) is 0. The summed E-state index contributed by atoms with van der Waals surface area (Å²) in [5, 5.41) is 9.76. The normalized spacial score (nSPS) is 10.3. The van der Waals surface area contributed by atoms with E-state index in [1.165, 1.54) is 11.8 Å². The lowest BCUT2D eigenvalue weighted by Crippen LogP contribution is -2.01. The first-order chi connectivity index (χ1) is 7.69. The molecule has 0 aliphatic rings. The van der Waals surface area contributed by atoms with Crippen molar-refractivity contribution >= 4 is 17.7 Å². The van der Waals surface area contributed by atoms with Crippen LogP contribution in [0.1, 0.15) is 0 Å². The second kappa shape index (κ2) is 4.36. The lowest BCUT2D eigenvalue weighted by molar-refractivity contribution is 0.475. The molecule has 1 heterocycles. The standard InChI is InChI=1S/C10H10N4OS/c1-16-10-13-8(12-9(11)14-10)6-2-4-7(15)5-3-6/h2-5,15H,1H3,(H2,11,12,13,14). The smallest absolute Gasteiger partial charge is 0.224 e. The molecule has 2 rings (SSSR count). The lowest BCUT2D eigenvalue weighted by Gasteiger charge is -2.03. The van der Waals surface area contributed by atoms with Gasteiger partial charge in [-0.2, -0.15) is 9.97 Å². The monoisotopic (exact) mass is 234 g/mol. The topological polar surface area (TPSA) is 84.9 Å². The summed E-state index contributed by atoms with van der Waals surface area (Å²) in [6.07, 6.45) is 1.87. The Labute approximate surface area is 96.8 Å². The number of nitrogens with zero attached hydrogens (tertiary/aromatic N) is 3. The number of anilines is 1. The molecule has 0 atom stereocenters. The van der Waals surface area contributed by atoms with Gasteiger partial charge in [0.15, 0.2) is 11.0 Å². The number of aromatic hydroxyl groups is 1. The van der Waals surface area contributed by atoms with Crippen molar-refractivity contribution in [2.75, 3.05) is 12.0 Å². The molecule has 0 aliphatic carbocycles. The van der Waals surface area contributed by atoms with Crippen LogP contribution in [0.25, 0.3) is 11.4 Å². The molecule has 1 aromatic carbocycles. The number of rotatable bonds is 2. The van der Waals surface area contributed by atoms with Crippen LogP contribution in [0.4, 0.5) is 5.95 Å². The highest BCUT2D eigenvalue weighted by Crippen LogP contribution is 2.20. The van der Waals surface area contributed by atoms with Crippen molar-refractivity contribution in [1.82, 2.24) is 15.0 Å². The van der Waals surface area contributed by atoms with Gasteiger partial charge in [0.25, 0.3) is 0 Å². The second-order valence-electron chi connectivity index (χ2n) is 3.05. The molecule has 0 amide bonds. The van der Waals surface area contributed by atoms with Crippen molar-refractivity contribution in [2.45, 2.75) is 5.16 Å². The van der Waals surface area contributed by atoms with Crippen LogP contribution < -0.4 is 5.73 Å². The van der Waals surface area contributed by atoms with Crippen LogP contribution in [0.3, 0.4) is 0 Å². The highest BCUT2D eigenvalue weighted by molar-refractivity contribution is 7.98. The van der Waals surface area contributed by atoms with Crippen LogP contribution in [0.5, 0.6) is 5.75 Å². The van der Waals surface area contributed by atoms with Gasteiger partial charge in [-0.1, -0.05) is 11.8 Å². The quantitative estimate of drug-likeness (QED) is 0.767. The molecule has 3 N–H and O–H groups in total. The Morgan fingerprint density at radius 3 is 2.44 bits per heavy atom. The number of hydrogen-bond donors (Lipinski definition) is 2. The lowest BCUT2D eigenvalue weighted by atomic mass is 10.2. The first kappa shape index (κ1) is 10.7. The molecule has 1 aromatic heterocycles. The number of thioether (sulfide) groups is 1. The van der Waals surface area contributed by atoms with Crippen LogP contribution in [0.15, 0.2) is 29.4 Å². The van der Waals surface area contributed by atoms with E-state index in [0.717, 1.165) is 5.56 Å². The molecule has 0 spiro atoms. The fourth-order valence-electron chi connectivity index (χ4n) is 1.20. The minimum absolute atomic E-state index is 0.197. The SMILES string of the molecule is CSc1nc(N)nc(-c2ccc(O)cc2)n1. The van der Waals surface area contributed by atoms with Gasteiger partial charge in [-0.3, -0.25) is 0 Å². The number of hydrogen-bond acceptors (Lipinski definition) is 6. The third-order valence-corrected chi connectivity index (χ3v) is 2.49. The molecule has 16 heavy (non-hydrogen) atoms. The predicted molar refractivity (Wildman–Crippen MR) is 63.1 cm³/mol. The minimum atomic E-state index is 0.197. The van der Waals surface area contributed by atoms with E-state index >= 15 is 0 Å². The number of phenols is 1. The molecule has 82 valence electrons. The number of nitrogen functional groups attached to an aromatic ring is 1. The van der Waals surface area contributed by atoms with Crippen LogP contribution in [0, 0.1) is 0 Å². The van der Waals surface area contributed by atoms with Gasteiger partial charge in [0, 0.05) is 5.56 Å². The van der Waals surface area contributed by atoms with E-state index in [-0.39, 0.29) is 11.7 Å². The molecule has 0 saturated heterocycles. The molecule has 0 saturated carbocycles. The van der Waals surface area contributed by atoms with E-state index in [9.17, 15) is 5.11 Å². The van der Waals surface area contributed by atoms with E-state index in [1.807, 2.05) is 6.26 Å². The van der Waals surface area contributed by atoms with Crippen molar-refractivity contribution in [3.05, 3.63) is 24.3 Å². The Hall–Kier alpha value is -1.82. The maximum Gasteiger partial charge on any atom is 0.224 e. The van der Waals surface area contributed by atoms with E-state index in [4.69, 9.17) is 5.73 Å². The number of nitrogens with two attached hydrogens (primary N) is 1. The van der Waals surface area contributed by atoms with Gasteiger partial charge < -0.3 is 10.8 Å². The molecule has 0 aliphatic heterocycles. The zero-order valence-electron chi connectivity index (χ0n) is 8.58. The third-order valence-electron chi connectivity index (χ3n) is 1.94. The summed E-state index contributed by atoms with van der Waals surface area (Å²) in [5.74, 6) is 0.912. The Kier molecular flexibility index (Phi) is 2.91. The first-order valence-electron chi connectivity index (χ1n) is 4.54. The van der Waals surface area contributed by atoms with E-state index in [2.05, 4.69) is 15.0 Å². The average Bonchev–Trinajstić information content (AvgIpc) is 2.29. The predicted octanol–water partition coefficient (Wildman–Crippen LogP) is 1.55. The Bertz CT molecular complexity index is 501. The Morgan fingerprint density at radius 2 is 1.81 bits per heavy atom. The Morgan fingerprint density at radius 1 is 1.12 bits per heavy atom. The van der Waals surface area contributed by atoms with E-state index < -0.39 is 0 Å². The summed E-state index contributed by atoms with van der Waals surface area (Å²) in [6, 6.07) is 6.62. The number of aromatic nitrogens is 3. The molecular formula is C10H10N4OS.